The Labute approximate surface area is 145 Å². The van der Waals surface area contributed by atoms with Gasteiger partial charge in [0.15, 0.2) is 0 Å². The first-order chi connectivity index (χ1) is 12.2. The smallest absolute Gasteiger partial charge is 0.144 e. The third-order valence-electron chi connectivity index (χ3n) is 4.25. The highest BCUT2D eigenvalue weighted by molar-refractivity contribution is 5.94. The molecule has 25 heavy (non-hydrogen) atoms. The van der Waals surface area contributed by atoms with Crippen molar-refractivity contribution in [1.29, 1.82) is 0 Å². The van der Waals surface area contributed by atoms with Crippen LogP contribution in [0, 0.1) is 5.82 Å². The van der Waals surface area contributed by atoms with Crippen LogP contribution in [-0.4, -0.2) is 17.0 Å². The molecule has 3 aromatic carbocycles. The van der Waals surface area contributed by atoms with Crippen LogP contribution in [-0.2, 0) is 0 Å². The number of benzene rings is 3. The fourth-order valence-electron chi connectivity index (χ4n) is 2.91. The molecule has 0 aliphatic carbocycles. The number of anilines is 2. The van der Waals surface area contributed by atoms with Crippen LogP contribution in [0.4, 0.5) is 15.9 Å². The van der Waals surface area contributed by atoms with E-state index in [0.29, 0.717) is 0 Å². The predicted octanol–water partition coefficient (Wildman–Crippen LogP) is 5.20. The maximum absolute atomic E-state index is 13.2. The molecule has 4 aromatic rings. The van der Waals surface area contributed by atoms with Gasteiger partial charge in [-0.05, 0) is 47.5 Å². The molecule has 0 amide bonds. The van der Waals surface area contributed by atoms with E-state index in [1.165, 1.54) is 12.1 Å². The van der Waals surface area contributed by atoms with Gasteiger partial charge in [-0.3, -0.25) is 0 Å². The molecular formula is C21H16FN3. The number of hydrogen-bond donors (Lipinski definition) is 0. The standard InChI is InChI=1S/C21H16FN3/c1-25(18-5-3-2-4-6-18)21-19-13-16(9-12-20(19)23-14-24-21)15-7-10-17(22)11-8-15/h2-14H,1H3. The SMILES string of the molecule is CN(c1ccccc1)c1ncnc2ccc(-c3ccc(F)cc3)cc12. The van der Waals surface area contributed by atoms with Crippen LogP contribution in [0.2, 0.25) is 0 Å². The fourth-order valence-corrected chi connectivity index (χ4v) is 2.91. The molecule has 122 valence electrons. The Morgan fingerprint density at radius 2 is 1.52 bits per heavy atom. The van der Waals surface area contributed by atoms with Crippen molar-refractivity contribution >= 4 is 22.4 Å². The molecule has 4 rings (SSSR count). The number of fused-ring (bicyclic) bond motifs is 1. The summed E-state index contributed by atoms with van der Waals surface area (Å²) in [5, 5.41) is 0.954. The lowest BCUT2D eigenvalue weighted by molar-refractivity contribution is 0.628. The van der Waals surface area contributed by atoms with Gasteiger partial charge in [-0.1, -0.05) is 36.4 Å². The molecule has 0 radical (unpaired) electrons. The molecule has 0 aliphatic heterocycles. The van der Waals surface area contributed by atoms with E-state index in [1.54, 1.807) is 18.5 Å². The number of aromatic nitrogens is 2. The highest BCUT2D eigenvalue weighted by atomic mass is 19.1. The summed E-state index contributed by atoms with van der Waals surface area (Å²) in [4.78, 5) is 10.9. The van der Waals surface area contributed by atoms with E-state index in [4.69, 9.17) is 0 Å². The first kappa shape index (κ1) is 15.3. The number of halogens is 1. The summed E-state index contributed by atoms with van der Waals surface area (Å²) in [6.07, 6.45) is 1.58. The second-order valence-electron chi connectivity index (χ2n) is 5.83. The summed E-state index contributed by atoms with van der Waals surface area (Å²) in [7, 11) is 1.99. The van der Waals surface area contributed by atoms with E-state index in [9.17, 15) is 4.39 Å². The molecule has 0 N–H and O–H groups in total. The summed E-state index contributed by atoms with van der Waals surface area (Å²) in [5.74, 6) is 0.595. The molecule has 0 fully saturated rings. The van der Waals surface area contributed by atoms with Crippen molar-refractivity contribution in [2.75, 3.05) is 11.9 Å². The lowest BCUT2D eigenvalue weighted by Gasteiger charge is -2.20. The zero-order valence-corrected chi connectivity index (χ0v) is 13.7. The second-order valence-corrected chi connectivity index (χ2v) is 5.83. The normalized spacial score (nSPS) is 10.8. The Bertz CT molecular complexity index is 1010. The summed E-state index contributed by atoms with van der Waals surface area (Å²) in [6.45, 7) is 0. The van der Waals surface area contributed by atoms with Gasteiger partial charge in [0.2, 0.25) is 0 Å². The van der Waals surface area contributed by atoms with Crippen molar-refractivity contribution in [3.05, 3.63) is 84.9 Å². The van der Waals surface area contributed by atoms with Crippen LogP contribution >= 0.6 is 0 Å². The van der Waals surface area contributed by atoms with E-state index in [2.05, 4.69) is 16.0 Å². The Balaban J connectivity index is 1.85. The van der Waals surface area contributed by atoms with Gasteiger partial charge in [-0.15, -0.1) is 0 Å². The molecule has 0 aliphatic rings. The molecular weight excluding hydrogens is 313 g/mol. The molecule has 0 spiro atoms. The van der Waals surface area contributed by atoms with E-state index >= 15 is 0 Å². The third kappa shape index (κ3) is 2.94. The van der Waals surface area contributed by atoms with Gasteiger partial charge in [0, 0.05) is 18.1 Å². The van der Waals surface area contributed by atoms with Gasteiger partial charge in [-0.25, -0.2) is 14.4 Å². The Morgan fingerprint density at radius 1 is 0.800 bits per heavy atom. The minimum absolute atomic E-state index is 0.239. The molecule has 1 aromatic heterocycles. The van der Waals surface area contributed by atoms with Crippen LogP contribution in [0.5, 0.6) is 0 Å². The number of nitrogens with zero attached hydrogens (tertiary/aromatic N) is 3. The van der Waals surface area contributed by atoms with E-state index in [-0.39, 0.29) is 5.82 Å². The van der Waals surface area contributed by atoms with Crippen molar-refractivity contribution in [2.45, 2.75) is 0 Å². The van der Waals surface area contributed by atoms with Crippen LogP contribution in [0.15, 0.2) is 79.1 Å². The zero-order chi connectivity index (χ0) is 17.2. The fraction of sp³-hybridized carbons (Fsp3) is 0.0476. The molecule has 3 nitrogen and oxygen atoms in total. The third-order valence-corrected chi connectivity index (χ3v) is 4.25. The maximum Gasteiger partial charge on any atom is 0.144 e. The topological polar surface area (TPSA) is 29.0 Å². The summed E-state index contributed by atoms with van der Waals surface area (Å²) >= 11 is 0. The average molecular weight is 329 g/mol. The minimum atomic E-state index is -0.239. The van der Waals surface area contributed by atoms with E-state index < -0.39 is 0 Å². The number of para-hydroxylation sites is 1. The molecule has 4 heteroatoms. The summed E-state index contributed by atoms with van der Waals surface area (Å²) < 4.78 is 13.2. The lowest BCUT2D eigenvalue weighted by Crippen LogP contribution is -2.11. The van der Waals surface area contributed by atoms with Gasteiger partial charge in [0.25, 0.3) is 0 Å². The largest absolute Gasteiger partial charge is 0.329 e. The highest BCUT2D eigenvalue weighted by Gasteiger charge is 2.11. The molecule has 0 bridgehead atoms. The van der Waals surface area contributed by atoms with Crippen LogP contribution < -0.4 is 4.90 Å². The van der Waals surface area contributed by atoms with Gasteiger partial charge in [0.05, 0.1) is 5.52 Å². The minimum Gasteiger partial charge on any atom is -0.329 e. The first-order valence-corrected chi connectivity index (χ1v) is 8.02. The second kappa shape index (κ2) is 6.32. The molecule has 0 atom stereocenters. The Hall–Kier alpha value is -3.27. The Kier molecular flexibility index (Phi) is 3.86. The van der Waals surface area contributed by atoms with E-state index in [0.717, 1.165) is 33.5 Å². The van der Waals surface area contributed by atoms with Crippen LogP contribution in [0.3, 0.4) is 0 Å². The molecule has 0 saturated heterocycles. The lowest BCUT2D eigenvalue weighted by atomic mass is 10.0. The molecule has 1 heterocycles. The van der Waals surface area contributed by atoms with E-state index in [1.807, 2.05) is 54.4 Å². The van der Waals surface area contributed by atoms with Crippen molar-refractivity contribution in [2.24, 2.45) is 0 Å². The van der Waals surface area contributed by atoms with Gasteiger partial charge < -0.3 is 4.90 Å². The molecule has 0 saturated carbocycles. The van der Waals surface area contributed by atoms with Crippen molar-refractivity contribution < 1.29 is 4.39 Å². The van der Waals surface area contributed by atoms with Gasteiger partial charge in [-0.2, -0.15) is 0 Å². The average Bonchev–Trinajstić information content (AvgIpc) is 2.68. The van der Waals surface area contributed by atoms with Crippen molar-refractivity contribution in [3.63, 3.8) is 0 Å². The van der Waals surface area contributed by atoms with Crippen molar-refractivity contribution in [1.82, 2.24) is 9.97 Å². The van der Waals surface area contributed by atoms with Crippen LogP contribution in [0.25, 0.3) is 22.0 Å². The zero-order valence-electron chi connectivity index (χ0n) is 13.7. The quantitative estimate of drug-likeness (QED) is 0.517. The maximum atomic E-state index is 13.2. The Morgan fingerprint density at radius 3 is 2.28 bits per heavy atom. The number of hydrogen-bond acceptors (Lipinski definition) is 3. The predicted molar refractivity (Wildman–Crippen MR) is 99.4 cm³/mol. The van der Waals surface area contributed by atoms with Gasteiger partial charge >= 0.3 is 0 Å². The summed E-state index contributed by atoms with van der Waals surface area (Å²) in [5.41, 5.74) is 3.89. The number of rotatable bonds is 3. The monoisotopic (exact) mass is 329 g/mol. The highest BCUT2D eigenvalue weighted by Crippen LogP contribution is 2.31. The summed E-state index contributed by atoms with van der Waals surface area (Å²) in [6, 6.07) is 22.6. The van der Waals surface area contributed by atoms with Crippen molar-refractivity contribution in [3.8, 4) is 11.1 Å². The van der Waals surface area contributed by atoms with Gasteiger partial charge in [0.1, 0.15) is 18.0 Å². The first-order valence-electron chi connectivity index (χ1n) is 8.02. The molecule has 0 unspecified atom stereocenters. The van der Waals surface area contributed by atoms with Crippen LogP contribution in [0.1, 0.15) is 0 Å².